The number of rotatable bonds is 10. The third-order valence-electron chi connectivity index (χ3n) is 6.89. The van der Waals surface area contributed by atoms with E-state index in [0.717, 1.165) is 0 Å². The SMILES string of the molecule is CC(C)OC(=O)[C@H](C)N[P@](=O)(OC[C@H]1[C@H](C)[C@@H](n2cnc3c(N)ncnc32)[C@](C)(F)[C@@H]1O)Oc1ccccc1. The fraction of sp³-hybridized carbons (Fsp3) is 0.520. The predicted molar refractivity (Wildman–Crippen MR) is 141 cm³/mol. The maximum absolute atomic E-state index is 16.2. The standard InChI is InChI=1S/C25H34FN6O6P/c1-14(2)37-24(34)16(4)31-39(35,38-17-9-7-6-8-10-17)36-11-18-15(3)20(25(5,26)21(18)33)32-13-30-19-22(27)28-12-29-23(19)32/h6-10,12-16,18,20-21,33H,11H2,1-5H3,(H,31,35)(H2,27,28,29)/t15-,16-,18-,20+,21+,25-,39-/m0/s1. The van der Waals surface area contributed by atoms with Gasteiger partial charge < -0.3 is 24.7 Å². The van der Waals surface area contributed by atoms with Gasteiger partial charge in [-0.05, 0) is 45.7 Å². The van der Waals surface area contributed by atoms with Crippen molar-refractivity contribution in [2.24, 2.45) is 11.8 Å². The Morgan fingerprint density at radius 3 is 2.62 bits per heavy atom. The number of aliphatic hydroxyl groups is 1. The lowest BCUT2D eigenvalue weighted by atomic mass is 9.95. The van der Waals surface area contributed by atoms with Crippen LogP contribution in [-0.4, -0.2) is 61.1 Å². The Labute approximate surface area is 225 Å². The smallest absolute Gasteiger partial charge is 0.459 e. The van der Waals surface area contributed by atoms with Gasteiger partial charge in [0.1, 0.15) is 23.6 Å². The van der Waals surface area contributed by atoms with E-state index in [1.807, 2.05) is 0 Å². The van der Waals surface area contributed by atoms with Gasteiger partial charge >= 0.3 is 13.7 Å². The van der Waals surface area contributed by atoms with Gasteiger partial charge in [-0.15, -0.1) is 0 Å². The number of carbonyl (C=O) groups excluding carboxylic acids is 1. The number of imidazole rings is 1. The second kappa shape index (κ2) is 11.2. The van der Waals surface area contributed by atoms with Crippen LogP contribution in [-0.2, 0) is 18.6 Å². The van der Waals surface area contributed by atoms with Crippen LogP contribution in [0.2, 0.25) is 0 Å². The Hall–Kier alpha value is -3.12. The van der Waals surface area contributed by atoms with E-state index in [1.165, 1.54) is 31.1 Å². The molecule has 7 atom stereocenters. The highest BCUT2D eigenvalue weighted by Gasteiger charge is 2.58. The summed E-state index contributed by atoms with van der Waals surface area (Å²) in [6, 6.07) is 6.33. The monoisotopic (exact) mass is 564 g/mol. The zero-order chi connectivity index (χ0) is 28.5. The molecule has 1 fully saturated rings. The Kier molecular flexibility index (Phi) is 8.27. The molecule has 1 aliphatic rings. The zero-order valence-electron chi connectivity index (χ0n) is 22.4. The van der Waals surface area contributed by atoms with Gasteiger partial charge in [-0.25, -0.2) is 23.9 Å². The quantitative estimate of drug-likeness (QED) is 0.244. The minimum absolute atomic E-state index is 0.153. The van der Waals surface area contributed by atoms with Crippen molar-refractivity contribution in [2.45, 2.75) is 64.6 Å². The molecule has 0 spiro atoms. The largest absolute Gasteiger partial charge is 0.462 e. The van der Waals surface area contributed by atoms with E-state index in [0.29, 0.717) is 11.2 Å². The number of nitrogens with one attached hydrogen (secondary N) is 1. The summed E-state index contributed by atoms with van der Waals surface area (Å²) in [6.45, 7) is 7.55. The molecule has 12 nitrogen and oxygen atoms in total. The average molecular weight is 565 g/mol. The third kappa shape index (κ3) is 5.91. The molecular formula is C25H34FN6O6P. The number of nitrogens with two attached hydrogens (primary N) is 1. The van der Waals surface area contributed by atoms with Crippen molar-refractivity contribution in [3.8, 4) is 5.75 Å². The number of aromatic nitrogens is 4. The number of nitrogen functional groups attached to an aromatic ring is 1. The molecule has 1 aromatic carbocycles. The number of ether oxygens (including phenoxy) is 1. The van der Waals surface area contributed by atoms with Gasteiger partial charge in [-0.2, -0.15) is 5.09 Å². The first-order chi connectivity index (χ1) is 18.3. The van der Waals surface area contributed by atoms with Crippen LogP contribution in [0, 0.1) is 11.8 Å². The number of alkyl halides is 1. The van der Waals surface area contributed by atoms with Crippen molar-refractivity contribution in [3.63, 3.8) is 0 Å². The van der Waals surface area contributed by atoms with Crippen molar-refractivity contribution in [2.75, 3.05) is 12.3 Å². The average Bonchev–Trinajstić information content (AvgIpc) is 3.35. The van der Waals surface area contributed by atoms with Gasteiger partial charge in [0.2, 0.25) is 0 Å². The molecule has 1 aliphatic carbocycles. The fourth-order valence-corrected chi connectivity index (χ4v) is 6.52. The second-order valence-electron chi connectivity index (χ2n) is 10.2. The summed E-state index contributed by atoms with van der Waals surface area (Å²) in [6.07, 6.45) is 0.793. The highest BCUT2D eigenvalue weighted by atomic mass is 31.2. The van der Waals surface area contributed by atoms with Crippen molar-refractivity contribution < 1.29 is 32.6 Å². The number of aliphatic hydroxyl groups excluding tert-OH is 1. The summed E-state index contributed by atoms with van der Waals surface area (Å²) in [7, 11) is -4.21. The van der Waals surface area contributed by atoms with Crippen LogP contribution in [0.25, 0.3) is 11.2 Å². The number of carbonyl (C=O) groups is 1. The Morgan fingerprint density at radius 2 is 1.95 bits per heavy atom. The molecule has 212 valence electrons. The molecule has 1 saturated carbocycles. The minimum Gasteiger partial charge on any atom is -0.462 e. The van der Waals surface area contributed by atoms with Crippen LogP contribution >= 0.6 is 7.75 Å². The van der Waals surface area contributed by atoms with Gasteiger partial charge in [0, 0.05) is 5.92 Å². The number of anilines is 1. The zero-order valence-corrected chi connectivity index (χ0v) is 23.3. The molecule has 4 rings (SSSR count). The molecule has 0 unspecified atom stereocenters. The van der Waals surface area contributed by atoms with Crippen LogP contribution in [0.1, 0.15) is 40.7 Å². The molecule has 0 bridgehead atoms. The number of para-hydroxylation sites is 1. The van der Waals surface area contributed by atoms with Gasteiger partial charge in [0.05, 0.1) is 31.2 Å². The van der Waals surface area contributed by atoms with E-state index in [4.69, 9.17) is 19.5 Å². The number of halogens is 1. The first kappa shape index (κ1) is 28.9. The maximum atomic E-state index is 16.2. The maximum Gasteiger partial charge on any atom is 0.459 e. The van der Waals surface area contributed by atoms with Gasteiger partial charge in [0.15, 0.2) is 17.1 Å². The number of nitrogens with zero attached hydrogens (tertiary/aromatic N) is 4. The molecule has 14 heteroatoms. The number of benzene rings is 1. The summed E-state index contributed by atoms with van der Waals surface area (Å²) < 4.78 is 48.2. The minimum atomic E-state index is -4.21. The van der Waals surface area contributed by atoms with Crippen molar-refractivity contribution in [1.82, 2.24) is 24.6 Å². The van der Waals surface area contributed by atoms with Crippen LogP contribution in [0.3, 0.4) is 0 Å². The van der Waals surface area contributed by atoms with Crippen LogP contribution in [0.5, 0.6) is 5.75 Å². The Morgan fingerprint density at radius 1 is 1.26 bits per heavy atom. The van der Waals surface area contributed by atoms with Gasteiger partial charge in [-0.3, -0.25) is 9.32 Å². The number of esters is 1. The fourth-order valence-electron chi connectivity index (χ4n) is 4.99. The van der Waals surface area contributed by atoms with E-state index in [1.54, 1.807) is 51.1 Å². The topological polar surface area (TPSA) is 164 Å². The Bertz CT molecular complexity index is 1360. The van der Waals surface area contributed by atoms with E-state index >= 15 is 4.39 Å². The molecular weight excluding hydrogens is 530 g/mol. The van der Waals surface area contributed by atoms with E-state index < -0.39 is 49.4 Å². The van der Waals surface area contributed by atoms with E-state index in [-0.39, 0.29) is 24.3 Å². The van der Waals surface area contributed by atoms with Crippen LogP contribution < -0.4 is 15.3 Å². The summed E-state index contributed by atoms with van der Waals surface area (Å²) in [4.78, 5) is 24.8. The Balaban J connectivity index is 1.58. The number of hydrogen-bond acceptors (Lipinski definition) is 10. The molecule has 4 N–H and O–H groups in total. The third-order valence-corrected chi connectivity index (χ3v) is 8.53. The summed E-state index contributed by atoms with van der Waals surface area (Å²) in [5.74, 6) is -1.61. The molecule has 2 aromatic heterocycles. The molecule has 2 heterocycles. The molecule has 39 heavy (non-hydrogen) atoms. The van der Waals surface area contributed by atoms with Gasteiger partial charge in [0.25, 0.3) is 0 Å². The summed E-state index contributed by atoms with van der Waals surface area (Å²) >= 11 is 0. The van der Waals surface area contributed by atoms with Crippen molar-refractivity contribution in [3.05, 3.63) is 43.0 Å². The van der Waals surface area contributed by atoms with Crippen molar-refractivity contribution >= 4 is 30.7 Å². The lowest BCUT2D eigenvalue weighted by Crippen LogP contribution is -2.39. The first-order valence-electron chi connectivity index (χ1n) is 12.6. The predicted octanol–water partition coefficient (Wildman–Crippen LogP) is 3.44. The number of fused-ring (bicyclic) bond motifs is 1. The van der Waals surface area contributed by atoms with Crippen molar-refractivity contribution in [1.29, 1.82) is 0 Å². The van der Waals surface area contributed by atoms with E-state index in [2.05, 4.69) is 20.0 Å². The summed E-state index contributed by atoms with van der Waals surface area (Å²) in [5, 5.41) is 13.7. The highest BCUT2D eigenvalue weighted by Crippen LogP contribution is 2.53. The van der Waals surface area contributed by atoms with Crippen LogP contribution in [0.4, 0.5) is 10.2 Å². The highest BCUT2D eigenvalue weighted by molar-refractivity contribution is 7.52. The molecule has 3 aromatic rings. The molecule has 0 aliphatic heterocycles. The second-order valence-corrected chi connectivity index (χ2v) is 11.9. The van der Waals surface area contributed by atoms with Gasteiger partial charge in [-0.1, -0.05) is 25.1 Å². The first-order valence-corrected chi connectivity index (χ1v) is 14.2. The normalized spacial score (nSPS) is 27.4. The lowest BCUT2D eigenvalue weighted by molar-refractivity contribution is -0.149. The van der Waals surface area contributed by atoms with Crippen LogP contribution in [0.15, 0.2) is 43.0 Å². The molecule has 0 radical (unpaired) electrons. The molecule has 0 saturated heterocycles. The summed E-state index contributed by atoms with van der Waals surface area (Å²) in [5.41, 5.74) is 4.41. The van der Waals surface area contributed by atoms with E-state index in [9.17, 15) is 14.5 Å². The lowest BCUT2D eigenvalue weighted by Gasteiger charge is -2.28. The molecule has 0 amide bonds. The number of hydrogen-bond donors (Lipinski definition) is 3.